The highest BCUT2D eigenvalue weighted by atomic mass is 16.3. The third kappa shape index (κ3) is 2.60. The zero-order chi connectivity index (χ0) is 12.4. The van der Waals surface area contributed by atoms with Gasteiger partial charge in [-0.15, -0.1) is 0 Å². The summed E-state index contributed by atoms with van der Waals surface area (Å²) in [6, 6.07) is 3.86. The van der Waals surface area contributed by atoms with Crippen LogP contribution in [0.5, 0.6) is 0 Å². The minimum atomic E-state index is -0.451. The third-order valence-corrected chi connectivity index (χ3v) is 3.90. The zero-order valence-electron chi connectivity index (χ0n) is 10.9. The van der Waals surface area contributed by atoms with E-state index in [2.05, 4.69) is 23.7 Å². The molecule has 3 heteroatoms. The first kappa shape index (κ1) is 12.4. The Labute approximate surface area is 103 Å². The minimum Gasteiger partial charge on any atom is -0.389 e. The van der Waals surface area contributed by atoms with Gasteiger partial charge in [-0.2, -0.15) is 0 Å². The molecule has 0 spiro atoms. The predicted octanol–water partition coefficient (Wildman–Crippen LogP) is 2.62. The van der Waals surface area contributed by atoms with Gasteiger partial charge in [0.2, 0.25) is 0 Å². The Kier molecular flexibility index (Phi) is 3.67. The molecule has 2 rings (SSSR count). The molecule has 1 saturated heterocycles. The van der Waals surface area contributed by atoms with E-state index in [-0.39, 0.29) is 0 Å². The standard InChI is InChI=1S/C14H22N2O/c1-10-6-8-16(9-11(10)2)14-13(12(3)17)5-4-7-15-14/h4-5,7,10-12,17H,6,8-9H2,1-3H3/t10?,11?,12-/m1/s1. The molecule has 0 bridgehead atoms. The number of nitrogens with zero attached hydrogens (tertiary/aromatic N) is 2. The maximum absolute atomic E-state index is 9.79. The van der Waals surface area contributed by atoms with Crippen molar-refractivity contribution in [2.24, 2.45) is 11.8 Å². The van der Waals surface area contributed by atoms with E-state index in [1.54, 1.807) is 6.92 Å². The maximum Gasteiger partial charge on any atom is 0.134 e. The second-order valence-corrected chi connectivity index (χ2v) is 5.28. The fourth-order valence-electron chi connectivity index (χ4n) is 2.45. The van der Waals surface area contributed by atoms with Crippen molar-refractivity contribution in [3.05, 3.63) is 23.9 Å². The van der Waals surface area contributed by atoms with Crippen molar-refractivity contribution in [3.8, 4) is 0 Å². The summed E-state index contributed by atoms with van der Waals surface area (Å²) in [7, 11) is 0. The van der Waals surface area contributed by atoms with Crippen LogP contribution in [0.4, 0.5) is 5.82 Å². The molecule has 0 radical (unpaired) electrons. The second kappa shape index (κ2) is 5.05. The number of aliphatic hydroxyl groups is 1. The van der Waals surface area contributed by atoms with Crippen molar-refractivity contribution in [2.75, 3.05) is 18.0 Å². The Morgan fingerprint density at radius 2 is 2.18 bits per heavy atom. The smallest absolute Gasteiger partial charge is 0.134 e. The summed E-state index contributed by atoms with van der Waals surface area (Å²) in [5.74, 6) is 2.43. The summed E-state index contributed by atoms with van der Waals surface area (Å²) in [4.78, 5) is 6.76. The molecule has 0 aliphatic carbocycles. The lowest BCUT2D eigenvalue weighted by Crippen LogP contribution is -2.39. The molecule has 2 unspecified atom stereocenters. The molecule has 1 aliphatic heterocycles. The number of aromatic nitrogens is 1. The number of hydrogen-bond acceptors (Lipinski definition) is 3. The Hall–Kier alpha value is -1.09. The van der Waals surface area contributed by atoms with Gasteiger partial charge in [0, 0.05) is 24.8 Å². The molecule has 1 fully saturated rings. The molecule has 2 heterocycles. The summed E-state index contributed by atoms with van der Waals surface area (Å²) in [5.41, 5.74) is 0.939. The highest BCUT2D eigenvalue weighted by Crippen LogP contribution is 2.30. The van der Waals surface area contributed by atoms with Crippen LogP contribution in [0.2, 0.25) is 0 Å². The van der Waals surface area contributed by atoms with Crippen molar-refractivity contribution in [2.45, 2.75) is 33.3 Å². The second-order valence-electron chi connectivity index (χ2n) is 5.28. The van der Waals surface area contributed by atoms with Gasteiger partial charge in [0.25, 0.3) is 0 Å². The van der Waals surface area contributed by atoms with E-state index in [1.807, 2.05) is 18.3 Å². The maximum atomic E-state index is 9.79. The van der Waals surface area contributed by atoms with Crippen LogP contribution in [0.3, 0.4) is 0 Å². The quantitative estimate of drug-likeness (QED) is 0.854. The van der Waals surface area contributed by atoms with Crippen LogP contribution in [-0.2, 0) is 0 Å². The highest BCUT2D eigenvalue weighted by molar-refractivity contribution is 5.48. The van der Waals surface area contributed by atoms with Gasteiger partial charge in [0.15, 0.2) is 0 Å². The molecule has 3 atom stereocenters. The molecular weight excluding hydrogens is 212 g/mol. The summed E-state index contributed by atoms with van der Waals surface area (Å²) in [6.45, 7) is 8.49. The first-order valence-electron chi connectivity index (χ1n) is 6.47. The molecule has 0 amide bonds. The van der Waals surface area contributed by atoms with E-state index in [0.29, 0.717) is 5.92 Å². The Balaban J connectivity index is 2.22. The average molecular weight is 234 g/mol. The summed E-state index contributed by atoms with van der Waals surface area (Å²) in [6.07, 6.45) is 2.56. The number of rotatable bonds is 2. The lowest BCUT2D eigenvalue weighted by molar-refractivity contribution is 0.198. The van der Waals surface area contributed by atoms with E-state index >= 15 is 0 Å². The largest absolute Gasteiger partial charge is 0.389 e. The van der Waals surface area contributed by atoms with Crippen LogP contribution >= 0.6 is 0 Å². The molecule has 1 aliphatic rings. The Morgan fingerprint density at radius 1 is 1.41 bits per heavy atom. The first-order valence-corrected chi connectivity index (χ1v) is 6.47. The molecule has 1 aromatic rings. The first-order chi connectivity index (χ1) is 8.09. The molecule has 17 heavy (non-hydrogen) atoms. The van der Waals surface area contributed by atoms with Crippen LogP contribution in [0.25, 0.3) is 0 Å². The molecule has 3 nitrogen and oxygen atoms in total. The van der Waals surface area contributed by atoms with Gasteiger partial charge in [-0.05, 0) is 31.2 Å². The predicted molar refractivity (Wildman–Crippen MR) is 70.0 cm³/mol. The van der Waals surface area contributed by atoms with Crippen LogP contribution in [0.15, 0.2) is 18.3 Å². The van der Waals surface area contributed by atoms with Crippen molar-refractivity contribution >= 4 is 5.82 Å². The molecule has 94 valence electrons. The van der Waals surface area contributed by atoms with Crippen LogP contribution < -0.4 is 4.90 Å². The number of hydrogen-bond donors (Lipinski definition) is 1. The van der Waals surface area contributed by atoms with Gasteiger partial charge in [-0.25, -0.2) is 4.98 Å². The fraction of sp³-hybridized carbons (Fsp3) is 0.643. The van der Waals surface area contributed by atoms with Crippen molar-refractivity contribution in [1.82, 2.24) is 4.98 Å². The molecule has 0 aromatic carbocycles. The van der Waals surface area contributed by atoms with Gasteiger partial charge in [0.1, 0.15) is 5.82 Å². The van der Waals surface area contributed by atoms with Crippen LogP contribution in [-0.4, -0.2) is 23.2 Å². The van der Waals surface area contributed by atoms with Crippen molar-refractivity contribution in [3.63, 3.8) is 0 Å². The van der Waals surface area contributed by atoms with E-state index in [9.17, 15) is 5.11 Å². The lowest BCUT2D eigenvalue weighted by atomic mass is 9.88. The summed E-state index contributed by atoms with van der Waals surface area (Å²) in [5, 5.41) is 9.79. The number of pyridine rings is 1. The normalized spacial score (nSPS) is 26.9. The van der Waals surface area contributed by atoms with Crippen molar-refractivity contribution < 1.29 is 5.11 Å². The zero-order valence-corrected chi connectivity index (χ0v) is 10.9. The fourth-order valence-corrected chi connectivity index (χ4v) is 2.45. The van der Waals surface area contributed by atoms with Crippen molar-refractivity contribution in [1.29, 1.82) is 0 Å². The average Bonchev–Trinajstić information content (AvgIpc) is 2.32. The Bertz CT molecular complexity index is 378. The SMILES string of the molecule is CC1CCN(c2ncccc2[C@@H](C)O)CC1C. The topological polar surface area (TPSA) is 36.4 Å². The highest BCUT2D eigenvalue weighted by Gasteiger charge is 2.25. The Morgan fingerprint density at radius 3 is 2.82 bits per heavy atom. The van der Waals surface area contributed by atoms with Gasteiger partial charge in [-0.3, -0.25) is 0 Å². The van der Waals surface area contributed by atoms with E-state index < -0.39 is 6.10 Å². The van der Waals surface area contributed by atoms with Gasteiger partial charge in [-0.1, -0.05) is 19.9 Å². The third-order valence-electron chi connectivity index (χ3n) is 3.90. The van der Waals surface area contributed by atoms with Gasteiger partial charge >= 0.3 is 0 Å². The number of aliphatic hydroxyl groups excluding tert-OH is 1. The summed E-state index contributed by atoms with van der Waals surface area (Å²) >= 11 is 0. The van der Waals surface area contributed by atoms with Gasteiger partial charge < -0.3 is 10.0 Å². The number of anilines is 1. The molecule has 0 saturated carbocycles. The van der Waals surface area contributed by atoms with E-state index in [1.165, 1.54) is 6.42 Å². The van der Waals surface area contributed by atoms with E-state index in [4.69, 9.17) is 0 Å². The molecule has 1 N–H and O–H groups in total. The monoisotopic (exact) mass is 234 g/mol. The summed E-state index contributed by atoms with van der Waals surface area (Å²) < 4.78 is 0. The minimum absolute atomic E-state index is 0.451. The molecular formula is C14H22N2O. The van der Waals surface area contributed by atoms with E-state index in [0.717, 1.165) is 30.4 Å². The lowest BCUT2D eigenvalue weighted by Gasteiger charge is -2.37. The number of piperidine rings is 1. The molecule has 1 aromatic heterocycles. The van der Waals surface area contributed by atoms with Gasteiger partial charge in [0.05, 0.1) is 6.10 Å². The van der Waals surface area contributed by atoms with Crippen LogP contribution in [0, 0.1) is 11.8 Å². The van der Waals surface area contributed by atoms with Crippen LogP contribution in [0.1, 0.15) is 38.9 Å².